The van der Waals surface area contributed by atoms with Crippen molar-refractivity contribution in [1.82, 2.24) is 19.9 Å². The highest BCUT2D eigenvalue weighted by atomic mass is 28.4. The van der Waals surface area contributed by atoms with Crippen molar-refractivity contribution < 1.29 is 0 Å². The molecule has 0 aliphatic carbocycles. The van der Waals surface area contributed by atoms with Crippen molar-refractivity contribution >= 4 is 54.2 Å². The van der Waals surface area contributed by atoms with Gasteiger partial charge in [-0.25, -0.2) is 0 Å². The minimum atomic E-state index is -4.02. The van der Waals surface area contributed by atoms with Crippen LogP contribution < -0.4 is 18.3 Å². The number of fused-ring (bicyclic) bond motifs is 2. The summed E-state index contributed by atoms with van der Waals surface area (Å²) in [6.07, 6.45) is 0. The Kier molecular flexibility index (Phi) is 11.1. The average molecular weight is 965 g/mol. The molecule has 4 aromatic heterocycles. The van der Waals surface area contributed by atoms with Crippen LogP contribution in [-0.2, 0) is 0 Å². The maximum absolute atomic E-state index is 5.05. The molecule has 0 fully saturated rings. The summed E-state index contributed by atoms with van der Waals surface area (Å²) in [6.45, 7) is 16.9. The number of pyridine rings is 4. The van der Waals surface area contributed by atoms with Crippen LogP contribution in [0.4, 0.5) is 45.5 Å². The SMILES string of the molecule is Cc1cc(N2c3cc(-c4ccccc4)c(-c4ccccc4)cc3N(c3cc(C)nc(C)c3)[Si]23N(c2cc(C)nc(C)c2)c2cc(-c4ccccc4)c(-c4ccccc4)cc2N3c2cc(C)nc(C)c2)cc(C)n1. The molecule has 10 aromatic rings. The van der Waals surface area contributed by atoms with Gasteiger partial charge in [0.1, 0.15) is 0 Å². The molecule has 12 rings (SSSR count). The summed E-state index contributed by atoms with van der Waals surface area (Å²) < 4.78 is 10.9. The summed E-state index contributed by atoms with van der Waals surface area (Å²) >= 11 is 0. The molecule has 0 bridgehead atoms. The molecule has 0 radical (unpaired) electrons. The molecule has 0 unspecified atom stereocenters. The molecule has 0 N–H and O–H groups in total. The van der Waals surface area contributed by atoms with Crippen LogP contribution in [0.2, 0.25) is 0 Å². The van der Waals surface area contributed by atoms with Gasteiger partial charge in [0.2, 0.25) is 0 Å². The van der Waals surface area contributed by atoms with Gasteiger partial charge in [-0.2, -0.15) is 0 Å². The second kappa shape index (κ2) is 17.9. The highest BCUT2D eigenvalue weighted by Gasteiger charge is 2.70. The van der Waals surface area contributed by atoms with Gasteiger partial charge < -0.3 is 18.3 Å². The largest absolute Gasteiger partial charge is 0.521 e. The highest BCUT2D eigenvalue weighted by Crippen LogP contribution is 2.64. The van der Waals surface area contributed by atoms with E-state index in [1.165, 1.54) is 0 Å². The van der Waals surface area contributed by atoms with E-state index in [0.717, 1.165) is 136 Å². The van der Waals surface area contributed by atoms with Crippen molar-refractivity contribution in [1.29, 1.82) is 0 Å². The van der Waals surface area contributed by atoms with Crippen molar-refractivity contribution in [2.24, 2.45) is 0 Å². The predicted molar refractivity (Wildman–Crippen MR) is 304 cm³/mol. The number of rotatable bonds is 8. The molecule has 356 valence electrons. The van der Waals surface area contributed by atoms with Crippen LogP contribution in [0, 0.1) is 55.4 Å². The minimum absolute atomic E-state index is 0.941. The van der Waals surface area contributed by atoms with Crippen LogP contribution in [0.15, 0.2) is 194 Å². The summed E-state index contributed by atoms with van der Waals surface area (Å²) in [7, 11) is -4.02. The third-order valence-electron chi connectivity index (χ3n) is 14.0. The van der Waals surface area contributed by atoms with Gasteiger partial charge in [-0.05, 0) is 173 Å². The second-order valence-electron chi connectivity index (χ2n) is 19.6. The first-order valence-corrected chi connectivity index (χ1v) is 26.8. The number of hydrogen-bond donors (Lipinski definition) is 0. The molecule has 2 aliphatic rings. The molecular weight excluding hydrogens is 909 g/mol. The molecular formula is C64H56N8Si. The van der Waals surface area contributed by atoms with E-state index in [4.69, 9.17) is 19.9 Å². The van der Waals surface area contributed by atoms with E-state index < -0.39 is 8.72 Å². The molecule has 73 heavy (non-hydrogen) atoms. The lowest BCUT2D eigenvalue weighted by atomic mass is 9.93. The second-order valence-corrected chi connectivity index (χ2v) is 22.6. The van der Waals surface area contributed by atoms with Crippen molar-refractivity contribution in [3.63, 3.8) is 0 Å². The molecule has 0 atom stereocenters. The number of aromatic nitrogens is 4. The first-order chi connectivity index (χ1) is 35.4. The Morgan fingerprint density at radius 3 is 0.603 bits per heavy atom. The van der Waals surface area contributed by atoms with E-state index in [2.05, 4.69) is 268 Å². The van der Waals surface area contributed by atoms with E-state index in [1.54, 1.807) is 0 Å². The van der Waals surface area contributed by atoms with Gasteiger partial charge in [0.05, 0.1) is 22.7 Å². The van der Waals surface area contributed by atoms with Gasteiger partial charge in [0.25, 0.3) is 0 Å². The van der Waals surface area contributed by atoms with Gasteiger partial charge in [-0.3, -0.25) is 19.9 Å². The van der Waals surface area contributed by atoms with Crippen molar-refractivity contribution in [2.75, 3.05) is 18.3 Å². The Balaban J connectivity index is 1.33. The van der Waals surface area contributed by atoms with Crippen LogP contribution in [0.3, 0.4) is 0 Å². The number of nitrogens with zero attached hydrogens (tertiary/aromatic N) is 8. The number of anilines is 8. The fraction of sp³-hybridized carbons (Fsp3) is 0.125. The topological polar surface area (TPSA) is 64.5 Å². The van der Waals surface area contributed by atoms with E-state index >= 15 is 0 Å². The van der Waals surface area contributed by atoms with Crippen molar-refractivity contribution in [3.8, 4) is 44.5 Å². The Morgan fingerprint density at radius 1 is 0.247 bits per heavy atom. The van der Waals surface area contributed by atoms with E-state index in [-0.39, 0.29) is 0 Å². The first-order valence-electron chi connectivity index (χ1n) is 25.0. The van der Waals surface area contributed by atoms with Gasteiger partial charge in [-0.15, -0.1) is 0 Å². The van der Waals surface area contributed by atoms with Gasteiger partial charge in [0, 0.05) is 68.3 Å². The van der Waals surface area contributed by atoms with Crippen molar-refractivity contribution in [2.45, 2.75) is 55.4 Å². The van der Waals surface area contributed by atoms with Crippen LogP contribution >= 0.6 is 0 Å². The van der Waals surface area contributed by atoms with Crippen LogP contribution in [0.25, 0.3) is 44.5 Å². The number of benzene rings is 6. The monoisotopic (exact) mass is 964 g/mol. The average Bonchev–Trinajstić information content (AvgIpc) is 3.87. The maximum atomic E-state index is 5.05. The van der Waals surface area contributed by atoms with Gasteiger partial charge >= 0.3 is 8.72 Å². The zero-order valence-electron chi connectivity index (χ0n) is 42.6. The summed E-state index contributed by atoms with van der Waals surface area (Å²) in [5, 5.41) is 0. The molecule has 8 nitrogen and oxygen atoms in total. The smallest absolute Gasteiger partial charge is 0.313 e. The van der Waals surface area contributed by atoms with Crippen molar-refractivity contribution in [3.05, 3.63) is 240 Å². The van der Waals surface area contributed by atoms with E-state index in [0.29, 0.717) is 0 Å². The molecule has 9 heteroatoms. The summed E-state index contributed by atoms with van der Waals surface area (Å²) in [4.78, 5) is 20.2. The predicted octanol–water partition coefficient (Wildman–Crippen LogP) is 16.1. The van der Waals surface area contributed by atoms with E-state index in [9.17, 15) is 0 Å². The maximum Gasteiger partial charge on any atom is 0.521 e. The lowest BCUT2D eigenvalue weighted by Gasteiger charge is -2.49. The van der Waals surface area contributed by atoms with Crippen LogP contribution in [0.5, 0.6) is 0 Å². The lowest BCUT2D eigenvalue weighted by Crippen LogP contribution is -2.76. The van der Waals surface area contributed by atoms with Crippen LogP contribution in [-0.4, -0.2) is 28.7 Å². The molecule has 0 amide bonds. The molecule has 1 spiro atoms. The van der Waals surface area contributed by atoms with Gasteiger partial charge in [0.15, 0.2) is 0 Å². The van der Waals surface area contributed by atoms with Crippen LogP contribution in [0.1, 0.15) is 45.6 Å². The number of aryl methyl sites for hydroxylation is 8. The minimum Gasteiger partial charge on any atom is -0.313 e. The molecule has 6 heterocycles. The number of hydrogen-bond acceptors (Lipinski definition) is 8. The molecule has 2 aliphatic heterocycles. The normalized spacial score (nSPS) is 13.5. The third-order valence-corrected chi connectivity index (χ3v) is 18.4. The fourth-order valence-electron chi connectivity index (χ4n) is 11.6. The Labute approximate surface area is 429 Å². The summed E-state index contributed by atoms with van der Waals surface area (Å²) in [5.41, 5.74) is 25.2. The molecule has 0 saturated carbocycles. The lowest BCUT2D eigenvalue weighted by molar-refractivity contribution is 1.08. The van der Waals surface area contributed by atoms with Gasteiger partial charge in [-0.1, -0.05) is 121 Å². The third kappa shape index (κ3) is 7.75. The zero-order valence-corrected chi connectivity index (χ0v) is 43.6. The Morgan fingerprint density at radius 2 is 0.425 bits per heavy atom. The quantitative estimate of drug-likeness (QED) is 0.140. The fourth-order valence-corrected chi connectivity index (χ4v) is 16.7. The Bertz CT molecular complexity index is 3180. The summed E-state index contributed by atoms with van der Waals surface area (Å²) in [6, 6.07) is 71.5. The summed E-state index contributed by atoms with van der Waals surface area (Å²) in [5.74, 6) is 0. The highest BCUT2D eigenvalue weighted by molar-refractivity contribution is 6.99. The standard InChI is InChI=1S/C64H56N8Si/c1-41-29-53(30-42(2)65-41)69-61-37-57(49-21-13-9-14-22-49)58(50-23-15-10-16-24-50)38-62(61)70(54-31-43(3)66-44(4)32-54)73(69)71(55-33-45(5)67-46(6)34-55)63-39-59(51-25-17-11-18-26-51)60(52-27-19-12-20-28-52)40-64(63)72(73)56-35-47(7)68-48(8)36-56/h9-40H,1-8H3. The zero-order chi connectivity index (χ0) is 50.1. The Hall–Kier alpha value is -8.66. The van der Waals surface area contributed by atoms with E-state index in [1.807, 2.05) is 0 Å². The molecule has 6 aromatic carbocycles. The first kappa shape index (κ1) is 45.5. The molecule has 0 saturated heterocycles.